The smallest absolute Gasteiger partial charge is 0.308 e. The van der Waals surface area contributed by atoms with Crippen molar-refractivity contribution in [1.82, 2.24) is 0 Å². The highest BCUT2D eigenvalue weighted by Crippen LogP contribution is 2.21. The molecule has 0 spiro atoms. The third-order valence-corrected chi connectivity index (χ3v) is 2.72. The van der Waals surface area contributed by atoms with E-state index in [1.165, 1.54) is 7.11 Å². The van der Waals surface area contributed by atoms with Gasteiger partial charge in [-0.3, -0.25) is 9.59 Å². The average Bonchev–Trinajstić information content (AvgIpc) is 2.25. The fourth-order valence-corrected chi connectivity index (χ4v) is 1.89. The zero-order valence-corrected chi connectivity index (χ0v) is 10.9. The first-order chi connectivity index (χ1) is 7.58. The van der Waals surface area contributed by atoms with E-state index in [4.69, 9.17) is 4.74 Å². The third kappa shape index (κ3) is 3.53. The van der Waals surface area contributed by atoms with E-state index in [9.17, 15) is 14.7 Å². The average molecular weight is 340 g/mol. The second kappa shape index (κ2) is 6.31. The molecule has 5 nitrogen and oxygen atoms in total. The maximum absolute atomic E-state index is 11.4. The second-order valence-corrected chi connectivity index (χ2v) is 4.16. The number of esters is 1. The van der Waals surface area contributed by atoms with Crippen LogP contribution in [0.3, 0.4) is 0 Å². The van der Waals surface area contributed by atoms with Gasteiger partial charge in [-0.1, -0.05) is 22.6 Å². The van der Waals surface area contributed by atoms with E-state index >= 15 is 0 Å². The molecular weight excluding hydrogens is 327 g/mol. The molecule has 1 saturated heterocycles. The van der Waals surface area contributed by atoms with Crippen LogP contribution in [0.1, 0.15) is 12.8 Å². The summed E-state index contributed by atoms with van der Waals surface area (Å²) in [5.74, 6) is -0.731. The Morgan fingerprint density at radius 2 is 2.44 bits per heavy atom. The number of Topliss-reactive ketones (excluding diaryl/α,β-unsaturated/α-hetero) is 1. The molecule has 1 aliphatic rings. The number of aliphatic hydroxyl groups excluding tert-OH is 1. The molecule has 0 bridgehead atoms. The van der Waals surface area contributed by atoms with Gasteiger partial charge in [-0.2, -0.15) is 0 Å². The van der Waals surface area contributed by atoms with Crippen molar-refractivity contribution in [2.45, 2.75) is 31.2 Å². The molecule has 0 amide bonds. The molecule has 0 radical (unpaired) electrons. The standard InChI is InChI=1S/C10H13IO5/c1-15-9(13)5-6-4-7(12)10(14)8(16-6)2-3-11/h2-3,6,8,10,14H,4-5H2,1H3/b3-2+/t6-,8+,10-/m0/s1. The van der Waals surface area contributed by atoms with Crippen LogP contribution in [-0.4, -0.2) is 42.3 Å². The van der Waals surface area contributed by atoms with Gasteiger partial charge in [0, 0.05) is 6.42 Å². The Morgan fingerprint density at radius 1 is 1.75 bits per heavy atom. The largest absolute Gasteiger partial charge is 0.469 e. The van der Waals surface area contributed by atoms with Crippen LogP contribution < -0.4 is 0 Å². The Hall–Kier alpha value is -0.470. The number of hydrogen-bond donors (Lipinski definition) is 1. The highest BCUT2D eigenvalue weighted by Gasteiger charge is 2.35. The van der Waals surface area contributed by atoms with Crippen LogP contribution >= 0.6 is 22.6 Å². The molecule has 1 fully saturated rings. The molecule has 0 aromatic rings. The van der Waals surface area contributed by atoms with Crippen molar-refractivity contribution in [3.63, 3.8) is 0 Å². The topological polar surface area (TPSA) is 72.8 Å². The third-order valence-electron chi connectivity index (χ3n) is 2.30. The van der Waals surface area contributed by atoms with Gasteiger partial charge in [0.25, 0.3) is 0 Å². The van der Waals surface area contributed by atoms with E-state index in [1.807, 2.05) is 22.6 Å². The maximum Gasteiger partial charge on any atom is 0.308 e. The predicted octanol–water partition coefficient (Wildman–Crippen LogP) is 0.586. The number of carbonyl (C=O) groups excluding carboxylic acids is 2. The zero-order chi connectivity index (χ0) is 12.1. The minimum absolute atomic E-state index is 0.0283. The van der Waals surface area contributed by atoms with Crippen LogP contribution in [0.4, 0.5) is 0 Å². The lowest BCUT2D eigenvalue weighted by Crippen LogP contribution is -2.45. The Kier molecular flexibility index (Phi) is 5.36. The summed E-state index contributed by atoms with van der Waals surface area (Å²) in [6.45, 7) is 0. The summed E-state index contributed by atoms with van der Waals surface area (Å²) in [4.78, 5) is 22.5. The molecule has 6 heteroatoms. The molecule has 3 atom stereocenters. The fourth-order valence-electron chi connectivity index (χ4n) is 1.48. The van der Waals surface area contributed by atoms with E-state index in [-0.39, 0.29) is 18.6 Å². The minimum atomic E-state index is -1.14. The number of hydrogen-bond acceptors (Lipinski definition) is 5. The van der Waals surface area contributed by atoms with Gasteiger partial charge >= 0.3 is 5.97 Å². The number of ketones is 1. The molecule has 0 saturated carbocycles. The summed E-state index contributed by atoms with van der Waals surface area (Å²) in [6, 6.07) is 0. The van der Waals surface area contributed by atoms with Crippen molar-refractivity contribution in [1.29, 1.82) is 0 Å². The minimum Gasteiger partial charge on any atom is -0.469 e. The molecule has 1 heterocycles. The first kappa shape index (κ1) is 13.6. The number of methoxy groups -OCH3 is 1. The Labute approximate surface area is 107 Å². The van der Waals surface area contributed by atoms with Crippen molar-refractivity contribution < 1.29 is 24.2 Å². The number of aliphatic hydroxyl groups is 1. The molecule has 1 aliphatic heterocycles. The molecule has 16 heavy (non-hydrogen) atoms. The van der Waals surface area contributed by atoms with Gasteiger partial charge in [-0.25, -0.2) is 0 Å². The van der Waals surface area contributed by atoms with Gasteiger partial charge in [0.05, 0.1) is 19.6 Å². The van der Waals surface area contributed by atoms with Gasteiger partial charge in [-0.15, -0.1) is 0 Å². The molecule has 90 valence electrons. The highest BCUT2D eigenvalue weighted by molar-refractivity contribution is 14.1. The van der Waals surface area contributed by atoms with Gasteiger partial charge in [0.2, 0.25) is 0 Å². The predicted molar refractivity (Wildman–Crippen MR) is 64.1 cm³/mol. The van der Waals surface area contributed by atoms with Crippen LogP contribution in [0.2, 0.25) is 0 Å². The van der Waals surface area contributed by atoms with Crippen LogP contribution in [-0.2, 0) is 19.1 Å². The first-order valence-electron chi connectivity index (χ1n) is 4.78. The Morgan fingerprint density at radius 3 is 3.00 bits per heavy atom. The molecule has 0 aliphatic carbocycles. The molecule has 0 aromatic heterocycles. The molecule has 0 unspecified atom stereocenters. The Balaban J connectivity index is 2.63. The van der Waals surface area contributed by atoms with Crippen LogP contribution in [0.5, 0.6) is 0 Å². The SMILES string of the molecule is COC(=O)C[C@@H]1CC(=O)[C@H](O)[C@@H](/C=C/I)O1. The lowest BCUT2D eigenvalue weighted by molar-refractivity contribution is -0.158. The van der Waals surface area contributed by atoms with E-state index in [2.05, 4.69) is 4.74 Å². The summed E-state index contributed by atoms with van der Waals surface area (Å²) in [5.41, 5.74) is 0. The number of carbonyl (C=O) groups is 2. The van der Waals surface area contributed by atoms with Crippen molar-refractivity contribution in [2.75, 3.05) is 7.11 Å². The highest BCUT2D eigenvalue weighted by atomic mass is 127. The van der Waals surface area contributed by atoms with Gasteiger partial charge in [-0.05, 0) is 10.2 Å². The zero-order valence-electron chi connectivity index (χ0n) is 8.76. The summed E-state index contributed by atoms with van der Waals surface area (Å²) in [5, 5.41) is 9.53. The second-order valence-electron chi connectivity index (χ2n) is 3.44. The van der Waals surface area contributed by atoms with Gasteiger partial charge in [0.1, 0.15) is 12.2 Å². The monoisotopic (exact) mass is 340 g/mol. The molecule has 1 N–H and O–H groups in total. The van der Waals surface area contributed by atoms with E-state index in [0.29, 0.717) is 0 Å². The first-order valence-corrected chi connectivity index (χ1v) is 6.03. The van der Waals surface area contributed by atoms with Gasteiger partial charge < -0.3 is 14.6 Å². The van der Waals surface area contributed by atoms with Crippen molar-refractivity contribution in [3.05, 3.63) is 10.2 Å². The number of halogens is 1. The Bertz CT molecular complexity index is 300. The maximum atomic E-state index is 11.4. The van der Waals surface area contributed by atoms with Crippen LogP contribution in [0, 0.1) is 0 Å². The fraction of sp³-hybridized carbons (Fsp3) is 0.600. The lowest BCUT2D eigenvalue weighted by atomic mass is 9.98. The number of ether oxygens (including phenoxy) is 2. The van der Waals surface area contributed by atoms with Crippen molar-refractivity contribution >= 4 is 34.3 Å². The molecule has 0 aromatic carbocycles. The summed E-state index contributed by atoms with van der Waals surface area (Å²) >= 11 is 1.97. The normalized spacial score (nSPS) is 30.7. The van der Waals surface area contributed by atoms with Crippen LogP contribution in [0.25, 0.3) is 0 Å². The van der Waals surface area contributed by atoms with Gasteiger partial charge in [0.15, 0.2) is 5.78 Å². The summed E-state index contributed by atoms with van der Waals surface area (Å²) in [7, 11) is 1.28. The lowest BCUT2D eigenvalue weighted by Gasteiger charge is -2.30. The van der Waals surface area contributed by atoms with E-state index in [0.717, 1.165) is 0 Å². The van der Waals surface area contributed by atoms with Crippen molar-refractivity contribution in [2.24, 2.45) is 0 Å². The quantitative estimate of drug-likeness (QED) is 0.601. The molecule has 1 rings (SSSR count). The summed E-state index contributed by atoms with van der Waals surface area (Å²) in [6.07, 6.45) is -0.664. The molecular formula is C10H13IO5. The number of rotatable bonds is 3. The van der Waals surface area contributed by atoms with E-state index in [1.54, 1.807) is 10.2 Å². The van der Waals surface area contributed by atoms with E-state index < -0.39 is 24.3 Å². The van der Waals surface area contributed by atoms with Crippen molar-refractivity contribution in [3.8, 4) is 0 Å². The summed E-state index contributed by atoms with van der Waals surface area (Å²) < 4.78 is 11.6. The van der Waals surface area contributed by atoms with Crippen LogP contribution in [0.15, 0.2) is 10.2 Å².